The number of carboxylic acids is 1. The molecule has 2 aliphatic heterocycles. The molecule has 0 bridgehead atoms. The second kappa shape index (κ2) is 8.00. The van der Waals surface area contributed by atoms with Crippen molar-refractivity contribution in [2.24, 2.45) is 5.92 Å². The summed E-state index contributed by atoms with van der Waals surface area (Å²) in [7, 11) is 0. The molecular weight excluding hydrogens is 316 g/mol. The molecule has 25 heavy (non-hydrogen) atoms. The summed E-state index contributed by atoms with van der Waals surface area (Å²) >= 11 is 0. The Kier molecular flexibility index (Phi) is 5.74. The van der Waals surface area contributed by atoms with Gasteiger partial charge in [-0.05, 0) is 55.9 Å². The molecule has 136 valence electrons. The molecule has 0 saturated carbocycles. The molecule has 1 saturated heterocycles. The fourth-order valence-electron chi connectivity index (χ4n) is 4.21. The Morgan fingerprint density at radius 1 is 1.12 bits per heavy atom. The van der Waals surface area contributed by atoms with Crippen LogP contribution in [0.1, 0.15) is 49.8 Å². The second-order valence-corrected chi connectivity index (χ2v) is 7.23. The van der Waals surface area contributed by atoms with E-state index < -0.39 is 5.97 Å². The van der Waals surface area contributed by atoms with Crippen LogP contribution >= 0.6 is 0 Å². The first-order valence-electron chi connectivity index (χ1n) is 9.40. The number of hydrogen-bond acceptors (Lipinski definition) is 3. The summed E-state index contributed by atoms with van der Waals surface area (Å²) in [5.74, 6) is -0.301. The lowest BCUT2D eigenvalue weighted by molar-refractivity contribution is -0.142. The molecule has 2 heterocycles. The fourth-order valence-corrected chi connectivity index (χ4v) is 4.21. The van der Waals surface area contributed by atoms with E-state index in [2.05, 4.69) is 11.8 Å². The van der Waals surface area contributed by atoms with Crippen molar-refractivity contribution in [1.82, 2.24) is 9.80 Å². The zero-order chi connectivity index (χ0) is 17.8. The molecule has 1 fully saturated rings. The predicted octanol–water partition coefficient (Wildman–Crippen LogP) is 2.71. The molecule has 0 unspecified atom stereocenters. The lowest BCUT2D eigenvalue weighted by Crippen LogP contribution is -2.42. The Labute approximate surface area is 149 Å². The second-order valence-electron chi connectivity index (χ2n) is 7.23. The van der Waals surface area contributed by atoms with Gasteiger partial charge in [-0.3, -0.25) is 9.59 Å². The Morgan fingerprint density at radius 2 is 1.84 bits per heavy atom. The molecule has 5 nitrogen and oxygen atoms in total. The molecule has 5 heteroatoms. The predicted molar refractivity (Wildman–Crippen MR) is 96.3 cm³/mol. The van der Waals surface area contributed by atoms with Gasteiger partial charge in [0.15, 0.2) is 0 Å². The van der Waals surface area contributed by atoms with Gasteiger partial charge in [0.1, 0.15) is 0 Å². The fraction of sp³-hybridized carbons (Fsp3) is 0.600. The van der Waals surface area contributed by atoms with E-state index >= 15 is 0 Å². The maximum absolute atomic E-state index is 12.9. The van der Waals surface area contributed by atoms with E-state index in [1.807, 2.05) is 29.2 Å². The van der Waals surface area contributed by atoms with Gasteiger partial charge in [0.2, 0.25) is 5.91 Å². The number of amides is 1. The van der Waals surface area contributed by atoms with Crippen LogP contribution in [0.5, 0.6) is 0 Å². The summed E-state index contributed by atoms with van der Waals surface area (Å²) in [5.41, 5.74) is 2.18. The number of aliphatic carboxylic acids is 1. The minimum Gasteiger partial charge on any atom is -0.481 e. The van der Waals surface area contributed by atoms with Crippen molar-refractivity contribution in [3.63, 3.8) is 0 Å². The number of carbonyl (C=O) groups excluding carboxylic acids is 1. The number of carbonyl (C=O) groups is 2. The van der Waals surface area contributed by atoms with Crippen LogP contribution in [0.2, 0.25) is 0 Å². The first kappa shape index (κ1) is 17.9. The Balaban J connectivity index is 1.69. The van der Waals surface area contributed by atoms with E-state index in [0.717, 1.165) is 44.5 Å². The molecule has 1 aromatic carbocycles. The lowest BCUT2D eigenvalue weighted by Gasteiger charge is -2.38. The van der Waals surface area contributed by atoms with Crippen molar-refractivity contribution in [2.45, 2.75) is 45.1 Å². The molecule has 0 aromatic heterocycles. The highest BCUT2D eigenvalue weighted by molar-refractivity contribution is 5.78. The maximum atomic E-state index is 12.9. The third-order valence-corrected chi connectivity index (χ3v) is 5.72. The molecule has 3 rings (SSSR count). The van der Waals surface area contributed by atoms with Gasteiger partial charge in [-0.2, -0.15) is 0 Å². The summed E-state index contributed by atoms with van der Waals surface area (Å²) in [5, 5.41) is 9.33. The van der Waals surface area contributed by atoms with E-state index in [0.29, 0.717) is 18.9 Å². The van der Waals surface area contributed by atoms with E-state index in [4.69, 9.17) is 0 Å². The number of nitrogens with zero attached hydrogens (tertiary/aromatic N) is 2. The summed E-state index contributed by atoms with van der Waals surface area (Å²) in [6.07, 6.45) is 3.47. The number of piperidine rings is 1. The number of rotatable bonds is 5. The first-order valence-corrected chi connectivity index (χ1v) is 9.40. The number of likely N-dealkylation sites (tertiary alicyclic amines) is 1. The average molecular weight is 344 g/mol. The minimum absolute atomic E-state index is 0.0168. The van der Waals surface area contributed by atoms with Gasteiger partial charge in [0, 0.05) is 13.0 Å². The molecule has 2 aliphatic rings. The third-order valence-electron chi connectivity index (χ3n) is 5.72. The minimum atomic E-state index is -0.851. The van der Waals surface area contributed by atoms with Gasteiger partial charge in [-0.15, -0.1) is 0 Å². The van der Waals surface area contributed by atoms with Gasteiger partial charge in [0.25, 0.3) is 0 Å². The zero-order valence-corrected chi connectivity index (χ0v) is 15.0. The van der Waals surface area contributed by atoms with Crippen molar-refractivity contribution in [3.8, 4) is 0 Å². The standard InChI is InChI=1S/C20H28N2O3/c1-2-21-10-7-15(8-11-21)13-19(23)22-12-9-16-5-3-4-6-17(16)18(22)14-20(24)25/h3-6,15,18H,2,7-14H2,1H3,(H,24,25)/t18-/m1/s1. The van der Waals surface area contributed by atoms with E-state index in [9.17, 15) is 14.7 Å². The number of hydrogen-bond donors (Lipinski definition) is 1. The molecule has 0 aliphatic carbocycles. The normalized spacial score (nSPS) is 21.8. The van der Waals surface area contributed by atoms with Crippen LogP contribution in [0.25, 0.3) is 0 Å². The molecular formula is C20H28N2O3. The highest BCUT2D eigenvalue weighted by Crippen LogP contribution is 2.33. The van der Waals surface area contributed by atoms with Crippen LogP contribution in [0.4, 0.5) is 0 Å². The van der Waals surface area contributed by atoms with Gasteiger partial charge in [-0.25, -0.2) is 0 Å². The molecule has 1 N–H and O–H groups in total. The van der Waals surface area contributed by atoms with E-state index in [-0.39, 0.29) is 18.4 Å². The van der Waals surface area contributed by atoms with Crippen molar-refractivity contribution in [2.75, 3.05) is 26.2 Å². The summed E-state index contributed by atoms with van der Waals surface area (Å²) in [6, 6.07) is 7.61. The van der Waals surface area contributed by atoms with Crippen LogP contribution in [0.3, 0.4) is 0 Å². The number of fused-ring (bicyclic) bond motifs is 1. The number of benzene rings is 1. The largest absolute Gasteiger partial charge is 0.481 e. The van der Waals surface area contributed by atoms with Gasteiger partial charge < -0.3 is 14.9 Å². The Hall–Kier alpha value is -1.88. The summed E-state index contributed by atoms with van der Waals surface area (Å²) < 4.78 is 0. The van der Waals surface area contributed by atoms with Crippen LogP contribution in [-0.4, -0.2) is 53.0 Å². The van der Waals surface area contributed by atoms with Crippen LogP contribution in [-0.2, 0) is 16.0 Å². The van der Waals surface area contributed by atoms with Gasteiger partial charge in [-0.1, -0.05) is 31.2 Å². The molecule has 1 aromatic rings. The average Bonchev–Trinajstić information content (AvgIpc) is 2.62. The van der Waals surface area contributed by atoms with Gasteiger partial charge in [0.05, 0.1) is 12.5 Å². The van der Waals surface area contributed by atoms with Crippen LogP contribution in [0, 0.1) is 5.92 Å². The Bertz CT molecular complexity index is 623. The van der Waals surface area contributed by atoms with E-state index in [1.165, 1.54) is 5.56 Å². The lowest BCUT2D eigenvalue weighted by atomic mass is 9.88. The first-order chi connectivity index (χ1) is 12.1. The van der Waals surface area contributed by atoms with Crippen LogP contribution in [0.15, 0.2) is 24.3 Å². The molecule has 0 radical (unpaired) electrons. The highest BCUT2D eigenvalue weighted by atomic mass is 16.4. The molecule has 1 amide bonds. The van der Waals surface area contributed by atoms with Crippen molar-refractivity contribution in [3.05, 3.63) is 35.4 Å². The zero-order valence-electron chi connectivity index (χ0n) is 15.0. The quantitative estimate of drug-likeness (QED) is 0.892. The summed E-state index contributed by atoms with van der Waals surface area (Å²) in [6.45, 7) is 6.00. The highest BCUT2D eigenvalue weighted by Gasteiger charge is 2.33. The van der Waals surface area contributed by atoms with Crippen molar-refractivity contribution in [1.29, 1.82) is 0 Å². The Morgan fingerprint density at radius 3 is 2.52 bits per heavy atom. The maximum Gasteiger partial charge on any atom is 0.305 e. The third kappa shape index (κ3) is 4.21. The monoisotopic (exact) mass is 344 g/mol. The molecule has 1 atom stereocenters. The van der Waals surface area contributed by atoms with Crippen molar-refractivity contribution >= 4 is 11.9 Å². The number of carboxylic acid groups (broad SMARTS) is 1. The SMILES string of the molecule is CCN1CCC(CC(=O)N2CCc3ccccc3[C@H]2CC(=O)O)CC1. The van der Waals surface area contributed by atoms with Crippen LogP contribution < -0.4 is 0 Å². The smallest absolute Gasteiger partial charge is 0.305 e. The van der Waals surface area contributed by atoms with Crippen molar-refractivity contribution < 1.29 is 14.7 Å². The molecule has 0 spiro atoms. The van der Waals surface area contributed by atoms with E-state index in [1.54, 1.807) is 0 Å². The topological polar surface area (TPSA) is 60.9 Å². The summed E-state index contributed by atoms with van der Waals surface area (Å²) in [4.78, 5) is 28.5. The van der Waals surface area contributed by atoms with Gasteiger partial charge >= 0.3 is 5.97 Å².